The molecule has 0 aliphatic rings. The van der Waals surface area contributed by atoms with Gasteiger partial charge in [0.15, 0.2) is 21.4 Å². The van der Waals surface area contributed by atoms with E-state index in [1.54, 1.807) is 66.9 Å². The van der Waals surface area contributed by atoms with Crippen molar-refractivity contribution in [3.05, 3.63) is 41.9 Å². The van der Waals surface area contributed by atoms with E-state index in [1.165, 1.54) is 6.33 Å². The van der Waals surface area contributed by atoms with Crippen LogP contribution >= 0.6 is 0 Å². The molecule has 2 rings (SSSR count). The third-order valence-electron chi connectivity index (χ3n) is 11.3. The van der Waals surface area contributed by atoms with E-state index in [0.717, 1.165) is 18.2 Å². The predicted molar refractivity (Wildman–Crippen MR) is 430 cm³/mol. The maximum absolute atomic E-state index is 12.0. The Morgan fingerprint density at radius 3 is 1.07 bits per heavy atom. The molecular weight excluding hydrogens is 1300 g/mol. The number of carbonyl (C=O) groups excluding carboxylic acids is 5. The first-order valence-electron chi connectivity index (χ1n) is 36.0. The molecule has 0 bridgehead atoms. The largest absolute Gasteiger partial charge is 0.373 e. The van der Waals surface area contributed by atoms with Gasteiger partial charge in [-0.15, -0.1) is 0 Å². The molecule has 0 aromatic carbocycles. The fourth-order valence-electron chi connectivity index (χ4n) is 7.11. The maximum atomic E-state index is 12.0. The molecule has 2 aromatic rings. The standard InChI is InChI=1S/C15H24N2O.C13H21N3O.C9H19NO.C9H20O2S.C9H18O.C8H19NO2S.C7H14O.C7H16O.C4H10/c1-14(2,3)7-12(18)11-9-16-13(17-10-11)8-15(4,5)6;1-9(2)16-12-6-10(14-8-15-12)11(17)7-13(3,4)5;1-8(2,3)7(11)10-9(4,5)6;1-8(2,3)7-12(10,11)9(4,5)6;1-7(2)6-8(10)9(3,4)5;1-7(2,3)9-12(10,11)8(4,5)6;1-6(8)5-7(2,3)4;1-6(2)8-7(3,4)5;1-4(2)3/h9-10H,7-8H2,1-6H3;6,8-9H,7H2,1-5H3,(H,14,15,16);1-6H3,(H,10,11);7H2,1-6H3;7H,6H2,1-5H3;9H,1-6H3;5H2,1-4H3;6H,1-5H3;4H,1-3H3. The highest BCUT2D eigenvalue weighted by Gasteiger charge is 2.34. The molecule has 0 saturated heterocycles. The number of Topliss-reactive ketones (excluding diaryl/α,β-unsaturated/α-hetero) is 4. The van der Waals surface area contributed by atoms with Crippen LogP contribution in [0.1, 0.15) is 371 Å². The number of hydrogen-bond donors (Lipinski definition) is 3. The van der Waals surface area contributed by atoms with Gasteiger partial charge in [-0.3, -0.25) is 19.2 Å². The molecule has 0 radical (unpaired) electrons. The Morgan fingerprint density at radius 1 is 0.480 bits per heavy atom. The summed E-state index contributed by atoms with van der Waals surface area (Å²) in [4.78, 5) is 73.7. The van der Waals surface area contributed by atoms with Gasteiger partial charge < -0.3 is 20.2 Å². The third kappa shape index (κ3) is 75.1. The molecule has 0 spiro atoms. The van der Waals surface area contributed by atoms with Crippen molar-refractivity contribution in [3.8, 4) is 0 Å². The number of rotatable bonds is 13. The molecule has 100 heavy (non-hydrogen) atoms. The molecule has 592 valence electrons. The second-order valence-corrected chi connectivity index (χ2v) is 46.3. The Balaban J connectivity index is -0.000000199. The molecule has 0 saturated carbocycles. The number of aromatic nitrogens is 4. The number of sulfonamides is 1. The van der Waals surface area contributed by atoms with Gasteiger partial charge in [-0.1, -0.05) is 180 Å². The lowest BCUT2D eigenvalue weighted by molar-refractivity contribution is -0.130. The van der Waals surface area contributed by atoms with Crippen molar-refractivity contribution in [3.63, 3.8) is 0 Å². The summed E-state index contributed by atoms with van der Waals surface area (Å²) in [7, 11) is -6.16. The van der Waals surface area contributed by atoms with Crippen molar-refractivity contribution >= 4 is 54.7 Å². The van der Waals surface area contributed by atoms with Crippen molar-refractivity contribution in [2.45, 2.75) is 389 Å². The number of nitrogens with one attached hydrogen (secondary N) is 3. The monoisotopic (exact) mass is 1460 g/mol. The first-order chi connectivity index (χ1) is 43.3. The smallest absolute Gasteiger partial charge is 0.225 e. The number of ketones is 4. The Hall–Kier alpha value is -4.07. The van der Waals surface area contributed by atoms with Crippen LogP contribution in [0.15, 0.2) is 24.8 Å². The molecule has 19 heteroatoms. The van der Waals surface area contributed by atoms with Crippen molar-refractivity contribution in [2.75, 3.05) is 11.1 Å². The first-order valence-corrected chi connectivity index (χ1v) is 39.2. The van der Waals surface area contributed by atoms with E-state index in [-0.39, 0.29) is 84.1 Å². The van der Waals surface area contributed by atoms with Gasteiger partial charge in [0.1, 0.15) is 35.2 Å². The summed E-state index contributed by atoms with van der Waals surface area (Å²) in [6.07, 6.45) is 8.32. The van der Waals surface area contributed by atoms with Gasteiger partial charge in [0.25, 0.3) is 0 Å². The number of hydrogen-bond acceptors (Lipinski definition) is 15. The highest BCUT2D eigenvalue weighted by molar-refractivity contribution is 7.92. The van der Waals surface area contributed by atoms with Gasteiger partial charge in [-0.25, -0.2) is 41.5 Å². The predicted octanol–water partition coefficient (Wildman–Crippen LogP) is 20.8. The van der Waals surface area contributed by atoms with Crippen molar-refractivity contribution in [2.24, 2.45) is 49.7 Å². The maximum Gasteiger partial charge on any atom is 0.225 e. The number of anilines is 1. The lowest BCUT2D eigenvalue weighted by Gasteiger charge is -2.27. The number of carbonyl (C=O) groups is 5. The lowest BCUT2D eigenvalue weighted by Crippen LogP contribution is -2.48. The van der Waals surface area contributed by atoms with Crippen LogP contribution in [0.25, 0.3) is 0 Å². The van der Waals surface area contributed by atoms with Gasteiger partial charge in [0.2, 0.25) is 15.9 Å². The van der Waals surface area contributed by atoms with E-state index in [2.05, 4.69) is 153 Å². The van der Waals surface area contributed by atoms with Gasteiger partial charge in [-0.2, -0.15) is 0 Å². The van der Waals surface area contributed by atoms with Crippen LogP contribution in [0.5, 0.6) is 0 Å². The summed E-state index contributed by atoms with van der Waals surface area (Å²) in [5, 5.41) is 6.08. The third-order valence-corrected chi connectivity index (χ3v) is 16.9. The molecular formula is C81H161N7O10S2. The second kappa shape index (κ2) is 44.7. The zero-order valence-corrected chi connectivity index (χ0v) is 75.2. The van der Waals surface area contributed by atoms with Crippen LogP contribution in [0, 0.1) is 49.7 Å². The van der Waals surface area contributed by atoms with Crippen LogP contribution < -0.4 is 15.4 Å². The summed E-state index contributed by atoms with van der Waals surface area (Å²) < 4.78 is 53.1. The summed E-state index contributed by atoms with van der Waals surface area (Å²) in [6, 6.07) is 2.00. The van der Waals surface area contributed by atoms with E-state index in [4.69, 9.17) is 4.74 Å². The van der Waals surface area contributed by atoms with Gasteiger partial charge in [0.05, 0.1) is 32.5 Å². The Labute approximate surface area is 618 Å². The summed E-state index contributed by atoms with van der Waals surface area (Å²) in [5.74, 6) is 4.00. The molecule has 0 unspecified atom stereocenters. The highest BCUT2D eigenvalue weighted by atomic mass is 32.2. The number of sulfone groups is 1. The number of ether oxygens (including phenoxy) is 1. The molecule has 2 aromatic heterocycles. The topological polar surface area (TPSA) is 251 Å². The normalized spacial score (nSPS) is 12.7. The first kappa shape index (κ1) is 109. The van der Waals surface area contributed by atoms with Crippen LogP contribution in [0.3, 0.4) is 0 Å². The molecule has 3 N–H and O–H groups in total. The zero-order chi connectivity index (χ0) is 82.2. The minimum atomic E-state index is -3.21. The van der Waals surface area contributed by atoms with Crippen LogP contribution in [0.4, 0.5) is 5.82 Å². The molecule has 0 fully saturated rings. The van der Waals surface area contributed by atoms with E-state index in [0.29, 0.717) is 60.6 Å². The van der Waals surface area contributed by atoms with Crippen molar-refractivity contribution < 1.29 is 45.5 Å². The molecule has 1 amide bonds. The lowest BCUT2D eigenvalue weighted by atomic mass is 9.86. The highest BCUT2D eigenvalue weighted by Crippen LogP contribution is 2.27. The fourth-order valence-corrected chi connectivity index (χ4v) is 9.79. The summed E-state index contributed by atoms with van der Waals surface area (Å²) >= 11 is 0. The second-order valence-electron chi connectivity index (χ2n) is 41.1. The minimum absolute atomic E-state index is 0.00116. The van der Waals surface area contributed by atoms with Crippen LogP contribution in [0.2, 0.25) is 0 Å². The molecule has 0 atom stereocenters. The van der Waals surface area contributed by atoms with E-state index < -0.39 is 34.9 Å². The number of amides is 1. The van der Waals surface area contributed by atoms with Crippen LogP contribution in [-0.2, 0) is 45.4 Å². The van der Waals surface area contributed by atoms with Crippen molar-refractivity contribution in [1.82, 2.24) is 30.0 Å². The van der Waals surface area contributed by atoms with E-state index in [1.807, 2.05) is 152 Å². The quantitative estimate of drug-likeness (QED) is 0.158. The Bertz CT molecular complexity index is 2810. The van der Waals surface area contributed by atoms with Gasteiger partial charge >= 0.3 is 0 Å². The zero-order valence-electron chi connectivity index (χ0n) is 73.5. The summed E-state index contributed by atoms with van der Waals surface area (Å²) in [6.45, 7) is 90.7. The van der Waals surface area contributed by atoms with Gasteiger partial charge in [-0.05, 0) is 177 Å². The molecule has 17 nitrogen and oxygen atoms in total. The molecule has 0 aliphatic heterocycles. The SMILES string of the molecule is CC(=O)CC(C)(C)C.CC(C)(C)CC(=O)c1cnc(CC(C)(C)C)nc1.CC(C)(C)CS(=O)(=O)C(C)(C)C.CC(C)(C)NC(=O)C(C)(C)C.CC(C)(C)NS(=O)(=O)C(C)(C)C.CC(C)C.CC(C)CC(=O)C(C)(C)C.CC(C)Nc1cc(C(=O)CC(C)(C)C)ncn1.CC(C)OC(C)(C)C. The van der Waals surface area contributed by atoms with E-state index >= 15 is 0 Å². The van der Waals surface area contributed by atoms with E-state index in [9.17, 15) is 40.8 Å². The molecule has 2 heterocycles. The number of nitrogens with zero attached hydrogens (tertiary/aromatic N) is 4. The van der Waals surface area contributed by atoms with Gasteiger partial charge in [0, 0.05) is 78.5 Å². The average Bonchev–Trinajstić information content (AvgIpc) is 0.832. The summed E-state index contributed by atoms with van der Waals surface area (Å²) in [5.41, 5.74) is 0.340. The van der Waals surface area contributed by atoms with Crippen LogP contribution in [-0.4, -0.2) is 110 Å². The van der Waals surface area contributed by atoms with Crippen molar-refractivity contribution in [1.29, 1.82) is 0 Å². The Kier molecular flexibility index (Phi) is 48.8. The Morgan fingerprint density at radius 2 is 0.870 bits per heavy atom. The minimum Gasteiger partial charge on any atom is -0.373 e. The molecule has 0 aliphatic carbocycles. The average molecular weight is 1460 g/mol. The fraction of sp³-hybridized carbons (Fsp3) is 0.840.